The number of para-hydroxylation sites is 2. The maximum Gasteiger partial charge on any atom is 0.128 e. The third-order valence-corrected chi connectivity index (χ3v) is 10.1. The molecule has 0 aliphatic carbocycles. The molecule has 0 saturated heterocycles. The van der Waals surface area contributed by atoms with Gasteiger partial charge < -0.3 is 19.3 Å². The van der Waals surface area contributed by atoms with E-state index in [1.807, 2.05) is 0 Å². The molecule has 0 aliphatic heterocycles. The second-order valence-electron chi connectivity index (χ2n) is 15.9. The highest BCUT2D eigenvalue weighted by molar-refractivity contribution is 6.07. The van der Waals surface area contributed by atoms with Gasteiger partial charge in [0.25, 0.3) is 0 Å². The van der Waals surface area contributed by atoms with Crippen molar-refractivity contribution in [1.82, 2.24) is 14.1 Å². The molecule has 0 saturated carbocycles. The first-order chi connectivity index (χ1) is 23.6. The molecular weight excluding hydrogens is 615 g/mol. The topological polar surface area (TPSA) is 63.2 Å². The molecule has 7 aromatic rings. The first kappa shape index (κ1) is 33.2. The normalized spacial score (nSPS) is 12.4. The molecule has 0 bridgehead atoms. The lowest BCUT2D eigenvalue weighted by Gasteiger charge is -2.24. The largest absolute Gasteiger partial charge is 0.507 e. The van der Waals surface area contributed by atoms with Crippen LogP contribution in [0.25, 0.3) is 66.8 Å². The van der Waals surface area contributed by atoms with Crippen LogP contribution < -0.4 is 0 Å². The molecule has 4 aromatic carbocycles. The monoisotopic (exact) mass is 661 g/mol. The first-order valence-electron chi connectivity index (χ1n) is 17.4. The van der Waals surface area contributed by atoms with E-state index in [9.17, 15) is 10.2 Å². The van der Waals surface area contributed by atoms with Crippen molar-refractivity contribution in [3.05, 3.63) is 113 Å². The van der Waals surface area contributed by atoms with Gasteiger partial charge in [0.15, 0.2) is 0 Å². The van der Waals surface area contributed by atoms with Crippen molar-refractivity contribution in [3.8, 4) is 56.5 Å². The molecule has 2 N–H and O–H groups in total. The van der Waals surface area contributed by atoms with Crippen LogP contribution in [0.3, 0.4) is 0 Å². The molecule has 0 fully saturated rings. The molecule has 3 aromatic heterocycles. The molecule has 254 valence electrons. The van der Waals surface area contributed by atoms with Gasteiger partial charge in [-0.15, -0.1) is 0 Å². The van der Waals surface area contributed by atoms with Gasteiger partial charge >= 0.3 is 0 Å². The molecular formula is C45H47N3O2. The van der Waals surface area contributed by atoms with Crippen molar-refractivity contribution in [2.45, 2.75) is 66.2 Å². The highest BCUT2D eigenvalue weighted by atomic mass is 16.3. The molecule has 3 heterocycles. The van der Waals surface area contributed by atoms with Gasteiger partial charge in [-0.05, 0) is 72.2 Å². The van der Waals surface area contributed by atoms with Crippen LogP contribution in [-0.2, 0) is 24.9 Å². The first-order valence-corrected chi connectivity index (χ1v) is 17.4. The number of phenols is 2. The van der Waals surface area contributed by atoms with Crippen molar-refractivity contribution in [2.24, 2.45) is 14.1 Å². The molecule has 0 spiro atoms. The zero-order valence-corrected chi connectivity index (χ0v) is 30.9. The molecule has 7 rings (SSSR count). The Hall–Kier alpha value is -5.29. The van der Waals surface area contributed by atoms with E-state index in [1.165, 1.54) is 0 Å². The summed E-state index contributed by atoms with van der Waals surface area (Å²) in [7, 11) is 4.14. The molecule has 5 nitrogen and oxygen atoms in total. The predicted molar refractivity (Wildman–Crippen MR) is 209 cm³/mol. The van der Waals surface area contributed by atoms with Crippen LogP contribution in [0.5, 0.6) is 11.5 Å². The van der Waals surface area contributed by atoms with Crippen LogP contribution in [0.1, 0.15) is 63.8 Å². The third-order valence-electron chi connectivity index (χ3n) is 10.1. The smallest absolute Gasteiger partial charge is 0.128 e. The van der Waals surface area contributed by atoms with E-state index in [1.54, 1.807) is 0 Å². The van der Waals surface area contributed by atoms with Gasteiger partial charge in [0.05, 0.1) is 22.8 Å². The van der Waals surface area contributed by atoms with Crippen molar-refractivity contribution >= 4 is 21.8 Å². The Labute approximate surface area is 295 Å². The van der Waals surface area contributed by atoms with Crippen LogP contribution in [0.15, 0.2) is 91.0 Å². The van der Waals surface area contributed by atoms with E-state index in [-0.39, 0.29) is 10.8 Å². The van der Waals surface area contributed by atoms with Gasteiger partial charge in [0, 0.05) is 69.3 Å². The number of benzene rings is 4. The number of hydrogen-bond acceptors (Lipinski definition) is 3. The number of fused-ring (bicyclic) bond motifs is 2. The molecule has 0 radical (unpaired) electrons. The Morgan fingerprint density at radius 2 is 0.900 bits per heavy atom. The number of aromatic nitrogens is 3. The summed E-state index contributed by atoms with van der Waals surface area (Å²) >= 11 is 0. The van der Waals surface area contributed by atoms with Crippen LogP contribution in [0.4, 0.5) is 0 Å². The van der Waals surface area contributed by atoms with E-state index in [0.717, 1.165) is 89.1 Å². The Morgan fingerprint density at radius 3 is 1.28 bits per heavy atom. The van der Waals surface area contributed by atoms with Gasteiger partial charge in [-0.1, -0.05) is 96.1 Å². The number of hydrogen-bond donors (Lipinski definition) is 2. The maximum atomic E-state index is 11.9. The van der Waals surface area contributed by atoms with Crippen LogP contribution in [0.2, 0.25) is 0 Å². The Kier molecular flexibility index (Phi) is 7.74. The van der Waals surface area contributed by atoms with Crippen LogP contribution in [0, 0.1) is 13.8 Å². The van der Waals surface area contributed by atoms with Gasteiger partial charge in [0.2, 0.25) is 0 Å². The summed E-state index contributed by atoms with van der Waals surface area (Å²) in [5, 5.41) is 25.9. The fraction of sp³-hybridized carbons (Fsp3) is 0.267. The standard InChI is InChI=1S/C45H47N3O2/c1-26-22-30(42(49)32(24-26)44(3,4)5)40-38(28-16-11-13-20-36(28)47(40)9)34-18-15-19-35(46-34)39-29-17-12-14-21-37(29)48(10)41(39)31-23-27(2)25-33(43(31)50)45(6,7)8/h11-25,49-50H,1-10H3. The number of aryl methyl sites for hydroxylation is 4. The fourth-order valence-electron chi connectivity index (χ4n) is 7.71. The molecule has 0 aliphatic rings. The summed E-state index contributed by atoms with van der Waals surface area (Å²) < 4.78 is 4.37. The molecule has 0 amide bonds. The zero-order valence-electron chi connectivity index (χ0n) is 30.9. The highest BCUT2D eigenvalue weighted by Crippen LogP contribution is 2.49. The summed E-state index contributed by atoms with van der Waals surface area (Å²) in [4.78, 5) is 5.47. The van der Waals surface area contributed by atoms with Crippen molar-refractivity contribution in [3.63, 3.8) is 0 Å². The lowest BCUT2D eigenvalue weighted by atomic mass is 9.83. The fourth-order valence-corrected chi connectivity index (χ4v) is 7.71. The third kappa shape index (κ3) is 5.27. The van der Waals surface area contributed by atoms with Crippen molar-refractivity contribution in [1.29, 1.82) is 0 Å². The van der Waals surface area contributed by atoms with Crippen molar-refractivity contribution < 1.29 is 10.2 Å². The van der Waals surface area contributed by atoms with E-state index in [0.29, 0.717) is 11.5 Å². The van der Waals surface area contributed by atoms with Gasteiger partial charge in [-0.2, -0.15) is 0 Å². The minimum atomic E-state index is -0.243. The Balaban J connectivity index is 1.55. The van der Waals surface area contributed by atoms with Crippen molar-refractivity contribution in [2.75, 3.05) is 0 Å². The summed E-state index contributed by atoms with van der Waals surface area (Å²) in [5.41, 5.74) is 12.7. The average Bonchev–Trinajstić information content (AvgIpc) is 3.52. The Bertz CT molecular complexity index is 2290. The summed E-state index contributed by atoms with van der Waals surface area (Å²) in [6.07, 6.45) is 0. The van der Waals surface area contributed by atoms with Gasteiger partial charge in [-0.25, -0.2) is 4.98 Å². The average molecular weight is 662 g/mol. The van der Waals surface area contributed by atoms with E-state index < -0.39 is 0 Å². The van der Waals surface area contributed by atoms with Gasteiger partial charge in [-0.3, -0.25) is 0 Å². The lowest BCUT2D eigenvalue weighted by Crippen LogP contribution is -2.12. The SMILES string of the molecule is Cc1cc(-c2c(-c3cccc(-c4c(-c5cc(C)cc(C(C)(C)C)c5O)n(C)c5ccccc45)n3)c3ccccc3n2C)c(O)c(C(C)(C)C)c1. The van der Waals surface area contributed by atoms with E-state index >= 15 is 0 Å². The number of aromatic hydroxyl groups is 2. The van der Waals surface area contributed by atoms with Crippen LogP contribution in [-0.4, -0.2) is 24.3 Å². The molecule has 0 atom stereocenters. The lowest BCUT2D eigenvalue weighted by molar-refractivity contribution is 0.447. The Morgan fingerprint density at radius 1 is 0.520 bits per heavy atom. The quantitative estimate of drug-likeness (QED) is 0.197. The minimum absolute atomic E-state index is 0.243. The number of pyridine rings is 1. The molecule has 0 unspecified atom stereocenters. The summed E-state index contributed by atoms with van der Waals surface area (Å²) in [6, 6.07) is 31.3. The second kappa shape index (κ2) is 11.7. The van der Waals surface area contributed by atoms with E-state index in [2.05, 4.69) is 170 Å². The van der Waals surface area contributed by atoms with Crippen LogP contribution >= 0.6 is 0 Å². The highest BCUT2D eigenvalue weighted by Gasteiger charge is 2.29. The zero-order chi connectivity index (χ0) is 35.9. The molecule has 50 heavy (non-hydrogen) atoms. The number of nitrogens with zero attached hydrogens (tertiary/aromatic N) is 3. The molecule has 5 heteroatoms. The second-order valence-corrected chi connectivity index (χ2v) is 15.9. The van der Waals surface area contributed by atoms with Gasteiger partial charge in [0.1, 0.15) is 11.5 Å². The predicted octanol–water partition coefficient (Wildman–Crippen LogP) is 11.4. The van der Waals surface area contributed by atoms with E-state index in [4.69, 9.17) is 4.98 Å². The number of phenolic OH excluding ortho intramolecular Hbond substituents is 2. The summed E-state index contributed by atoms with van der Waals surface area (Å²) in [5.74, 6) is 0.597. The maximum absolute atomic E-state index is 11.9. The number of rotatable bonds is 4. The summed E-state index contributed by atoms with van der Waals surface area (Å²) in [6.45, 7) is 17.0. The minimum Gasteiger partial charge on any atom is -0.507 e.